The molecule has 0 atom stereocenters. The standard InChI is InChI=1S/C21H18BrNO2/c1-3-6-18-14(4-2)7-5-8-16(18)13-23-19-12-17(22)10-9-15(19)11-20(23)21(24)25/h3-12H,2,13H2,1H3,(H,24,25)/b6-3-. The number of halogens is 1. The molecule has 0 bridgehead atoms. The van der Waals surface area contributed by atoms with Gasteiger partial charge < -0.3 is 9.67 Å². The van der Waals surface area contributed by atoms with Crippen molar-refractivity contribution < 1.29 is 9.90 Å². The van der Waals surface area contributed by atoms with Crippen molar-refractivity contribution in [3.05, 3.63) is 82.0 Å². The number of benzene rings is 2. The van der Waals surface area contributed by atoms with Gasteiger partial charge in [0.1, 0.15) is 5.69 Å². The smallest absolute Gasteiger partial charge is 0.352 e. The molecular weight excluding hydrogens is 378 g/mol. The molecule has 126 valence electrons. The molecule has 4 heteroatoms. The van der Waals surface area contributed by atoms with E-state index in [0.717, 1.165) is 32.1 Å². The Morgan fingerprint density at radius 2 is 2.08 bits per heavy atom. The maximum atomic E-state index is 11.7. The number of carboxylic acid groups (broad SMARTS) is 1. The van der Waals surface area contributed by atoms with Gasteiger partial charge in [0, 0.05) is 16.4 Å². The van der Waals surface area contributed by atoms with E-state index in [4.69, 9.17) is 0 Å². The molecule has 0 aliphatic carbocycles. The Labute approximate surface area is 155 Å². The summed E-state index contributed by atoms with van der Waals surface area (Å²) in [6.07, 6.45) is 5.84. The van der Waals surface area contributed by atoms with Crippen molar-refractivity contribution in [1.29, 1.82) is 0 Å². The number of carboxylic acids is 1. The van der Waals surface area contributed by atoms with Gasteiger partial charge in [-0.2, -0.15) is 0 Å². The molecule has 0 saturated heterocycles. The zero-order valence-corrected chi connectivity index (χ0v) is 15.5. The molecule has 0 radical (unpaired) electrons. The minimum atomic E-state index is -0.931. The predicted molar refractivity (Wildman–Crippen MR) is 107 cm³/mol. The molecule has 0 unspecified atom stereocenters. The first-order chi connectivity index (χ1) is 12.0. The van der Waals surface area contributed by atoms with Gasteiger partial charge >= 0.3 is 5.97 Å². The van der Waals surface area contributed by atoms with Crippen molar-refractivity contribution in [1.82, 2.24) is 4.57 Å². The van der Waals surface area contributed by atoms with Gasteiger partial charge in [-0.25, -0.2) is 4.79 Å². The average molecular weight is 396 g/mol. The zero-order valence-electron chi connectivity index (χ0n) is 13.9. The monoisotopic (exact) mass is 395 g/mol. The molecule has 0 aliphatic heterocycles. The molecule has 25 heavy (non-hydrogen) atoms. The van der Waals surface area contributed by atoms with Crippen LogP contribution in [0.4, 0.5) is 0 Å². The number of hydrogen-bond donors (Lipinski definition) is 1. The molecule has 0 amide bonds. The van der Waals surface area contributed by atoms with Gasteiger partial charge in [0.05, 0.1) is 5.52 Å². The van der Waals surface area contributed by atoms with E-state index in [1.54, 1.807) is 6.07 Å². The van der Waals surface area contributed by atoms with Crippen LogP contribution in [0.25, 0.3) is 23.1 Å². The van der Waals surface area contributed by atoms with Gasteiger partial charge in [-0.3, -0.25) is 0 Å². The highest BCUT2D eigenvalue weighted by Gasteiger charge is 2.16. The van der Waals surface area contributed by atoms with Crippen LogP contribution in [0, 0.1) is 0 Å². The summed E-state index contributed by atoms with van der Waals surface area (Å²) >= 11 is 3.48. The molecule has 0 fully saturated rings. The highest BCUT2D eigenvalue weighted by atomic mass is 79.9. The van der Waals surface area contributed by atoms with E-state index in [1.165, 1.54) is 0 Å². The van der Waals surface area contributed by atoms with Crippen LogP contribution in [0.5, 0.6) is 0 Å². The van der Waals surface area contributed by atoms with E-state index in [0.29, 0.717) is 6.54 Å². The number of carbonyl (C=O) groups is 1. The lowest BCUT2D eigenvalue weighted by atomic mass is 10.00. The maximum Gasteiger partial charge on any atom is 0.352 e. The lowest BCUT2D eigenvalue weighted by Gasteiger charge is -2.13. The zero-order chi connectivity index (χ0) is 18.0. The number of rotatable bonds is 5. The van der Waals surface area contributed by atoms with Gasteiger partial charge in [-0.05, 0) is 41.8 Å². The molecule has 1 aromatic heterocycles. The number of aromatic carboxylic acids is 1. The number of hydrogen-bond acceptors (Lipinski definition) is 1. The summed E-state index contributed by atoms with van der Waals surface area (Å²) in [7, 11) is 0. The molecule has 1 heterocycles. The van der Waals surface area contributed by atoms with Crippen molar-refractivity contribution in [3.8, 4) is 0 Å². The van der Waals surface area contributed by atoms with Crippen LogP contribution < -0.4 is 0 Å². The van der Waals surface area contributed by atoms with Gasteiger partial charge in [0.2, 0.25) is 0 Å². The van der Waals surface area contributed by atoms with Crippen LogP contribution in [-0.4, -0.2) is 15.6 Å². The molecule has 3 rings (SSSR count). The first-order valence-corrected chi connectivity index (χ1v) is 8.73. The second-order valence-corrected chi connectivity index (χ2v) is 6.66. The quantitative estimate of drug-likeness (QED) is 0.590. The van der Waals surface area contributed by atoms with E-state index in [1.807, 2.05) is 66.1 Å². The number of allylic oxidation sites excluding steroid dienone is 1. The summed E-state index contributed by atoms with van der Waals surface area (Å²) < 4.78 is 2.77. The molecule has 0 aliphatic rings. The van der Waals surface area contributed by atoms with Crippen LogP contribution in [0.2, 0.25) is 0 Å². The van der Waals surface area contributed by atoms with Gasteiger partial charge in [-0.15, -0.1) is 0 Å². The second-order valence-electron chi connectivity index (χ2n) is 5.75. The molecule has 0 spiro atoms. The van der Waals surface area contributed by atoms with Gasteiger partial charge in [0.25, 0.3) is 0 Å². The summed E-state index contributed by atoms with van der Waals surface area (Å²) in [6, 6.07) is 13.5. The molecule has 1 N–H and O–H groups in total. The Morgan fingerprint density at radius 3 is 2.76 bits per heavy atom. The van der Waals surface area contributed by atoms with Gasteiger partial charge in [-0.1, -0.05) is 65.0 Å². The highest BCUT2D eigenvalue weighted by molar-refractivity contribution is 9.10. The largest absolute Gasteiger partial charge is 0.477 e. The summed E-state index contributed by atoms with van der Waals surface area (Å²) in [5.74, 6) is -0.931. The Morgan fingerprint density at radius 1 is 1.28 bits per heavy atom. The van der Waals surface area contributed by atoms with Crippen molar-refractivity contribution in [2.75, 3.05) is 0 Å². The van der Waals surface area contributed by atoms with E-state index in [2.05, 4.69) is 22.5 Å². The third-order valence-corrected chi connectivity index (χ3v) is 4.69. The van der Waals surface area contributed by atoms with E-state index in [9.17, 15) is 9.90 Å². The predicted octanol–water partition coefficient (Wildman–Crippen LogP) is 5.83. The van der Waals surface area contributed by atoms with Crippen LogP contribution >= 0.6 is 15.9 Å². The minimum Gasteiger partial charge on any atom is -0.477 e. The summed E-state index contributed by atoms with van der Waals surface area (Å²) in [5, 5.41) is 10.5. The fourth-order valence-electron chi connectivity index (χ4n) is 3.06. The SMILES string of the molecule is C=Cc1cccc(Cn2c(C(=O)O)cc3ccc(Br)cc32)c1/C=C\C. The third-order valence-electron chi connectivity index (χ3n) is 4.20. The lowest BCUT2D eigenvalue weighted by Crippen LogP contribution is -2.10. The second kappa shape index (κ2) is 7.11. The summed E-state index contributed by atoms with van der Waals surface area (Å²) in [6.45, 7) is 6.32. The number of fused-ring (bicyclic) bond motifs is 1. The van der Waals surface area contributed by atoms with Crippen molar-refractivity contribution in [2.24, 2.45) is 0 Å². The van der Waals surface area contributed by atoms with Crippen LogP contribution in [-0.2, 0) is 6.54 Å². The molecular formula is C21H18BrNO2. The van der Waals surface area contributed by atoms with E-state index >= 15 is 0 Å². The number of aromatic nitrogens is 1. The fourth-order valence-corrected chi connectivity index (χ4v) is 3.41. The first-order valence-electron chi connectivity index (χ1n) is 7.94. The van der Waals surface area contributed by atoms with E-state index < -0.39 is 5.97 Å². The number of nitrogens with zero attached hydrogens (tertiary/aromatic N) is 1. The van der Waals surface area contributed by atoms with Crippen molar-refractivity contribution >= 4 is 45.0 Å². The Hall–Kier alpha value is -2.59. The van der Waals surface area contributed by atoms with E-state index in [-0.39, 0.29) is 5.69 Å². The van der Waals surface area contributed by atoms with Crippen LogP contribution in [0.1, 0.15) is 34.1 Å². The van der Waals surface area contributed by atoms with Gasteiger partial charge in [0.15, 0.2) is 0 Å². The Balaban J connectivity index is 2.21. The normalized spacial score (nSPS) is 11.3. The highest BCUT2D eigenvalue weighted by Crippen LogP contribution is 2.27. The minimum absolute atomic E-state index is 0.281. The molecule has 2 aromatic carbocycles. The summed E-state index contributed by atoms with van der Waals surface area (Å²) in [4.78, 5) is 11.7. The first kappa shape index (κ1) is 17.2. The van der Waals surface area contributed by atoms with Crippen LogP contribution in [0.15, 0.2) is 59.6 Å². The third kappa shape index (κ3) is 3.30. The lowest BCUT2D eigenvalue weighted by molar-refractivity contribution is 0.0686. The fraction of sp³-hybridized carbons (Fsp3) is 0.0952. The molecule has 0 saturated carbocycles. The molecule has 3 aromatic rings. The summed E-state index contributed by atoms with van der Waals surface area (Å²) in [5.41, 5.74) is 4.32. The average Bonchev–Trinajstić information content (AvgIpc) is 2.94. The molecule has 3 nitrogen and oxygen atoms in total. The topological polar surface area (TPSA) is 42.2 Å². The Bertz CT molecular complexity index is 999. The Kier molecular flexibility index (Phi) is 4.91. The van der Waals surface area contributed by atoms with Crippen molar-refractivity contribution in [3.63, 3.8) is 0 Å². The van der Waals surface area contributed by atoms with Crippen LogP contribution in [0.3, 0.4) is 0 Å². The maximum absolute atomic E-state index is 11.7. The van der Waals surface area contributed by atoms with Crippen molar-refractivity contribution in [2.45, 2.75) is 13.5 Å².